The number of methoxy groups -OCH3 is 1. The van der Waals surface area contributed by atoms with E-state index in [0.29, 0.717) is 5.75 Å². The van der Waals surface area contributed by atoms with Gasteiger partial charge >= 0.3 is 11.7 Å². The van der Waals surface area contributed by atoms with Crippen molar-refractivity contribution in [1.82, 2.24) is 9.55 Å². The number of nitrogens with zero attached hydrogens (tertiary/aromatic N) is 1. The number of carbonyl (C=O) groups excluding carboxylic acids is 1. The standard InChI is InChI=1S/C16H19BrN2O5/c1-9(2)13(15(21)23-3)19-14(20)12(18-16(19)22)8-24-11-6-4-10(17)5-7-11/h4-7,9,13,20H,8H2,1-3H3,(H,18,22). The maximum Gasteiger partial charge on any atom is 0.329 e. The lowest BCUT2D eigenvalue weighted by Gasteiger charge is -2.19. The van der Waals surface area contributed by atoms with Gasteiger partial charge in [0.1, 0.15) is 24.1 Å². The van der Waals surface area contributed by atoms with Gasteiger partial charge in [0.05, 0.1) is 7.11 Å². The lowest BCUT2D eigenvalue weighted by molar-refractivity contribution is -0.146. The molecular formula is C16H19BrN2O5. The van der Waals surface area contributed by atoms with Crippen molar-refractivity contribution in [2.75, 3.05) is 7.11 Å². The van der Waals surface area contributed by atoms with Crippen LogP contribution < -0.4 is 10.4 Å². The number of imidazole rings is 1. The number of hydrogen-bond donors (Lipinski definition) is 2. The molecule has 2 rings (SSSR count). The molecule has 1 aromatic heterocycles. The normalized spacial score (nSPS) is 12.2. The van der Waals surface area contributed by atoms with E-state index in [1.165, 1.54) is 7.11 Å². The van der Waals surface area contributed by atoms with Crippen LogP contribution >= 0.6 is 15.9 Å². The monoisotopic (exact) mass is 398 g/mol. The van der Waals surface area contributed by atoms with E-state index in [2.05, 4.69) is 20.9 Å². The molecule has 0 radical (unpaired) electrons. The third kappa shape index (κ3) is 3.81. The van der Waals surface area contributed by atoms with E-state index in [9.17, 15) is 14.7 Å². The minimum atomic E-state index is -0.916. The molecule has 1 atom stereocenters. The number of H-pyrrole nitrogens is 1. The fourth-order valence-electron chi connectivity index (χ4n) is 2.33. The van der Waals surface area contributed by atoms with Gasteiger partial charge in [0, 0.05) is 4.47 Å². The number of hydrogen-bond acceptors (Lipinski definition) is 5. The molecule has 1 aromatic carbocycles. The highest BCUT2D eigenvalue weighted by Crippen LogP contribution is 2.26. The highest BCUT2D eigenvalue weighted by Gasteiger charge is 2.30. The minimum absolute atomic E-state index is 0.0400. The summed E-state index contributed by atoms with van der Waals surface area (Å²) in [5.41, 5.74) is -0.400. The number of benzene rings is 1. The summed E-state index contributed by atoms with van der Waals surface area (Å²) in [6.45, 7) is 3.48. The zero-order valence-electron chi connectivity index (χ0n) is 13.6. The van der Waals surface area contributed by atoms with Crippen molar-refractivity contribution >= 4 is 21.9 Å². The summed E-state index contributed by atoms with van der Waals surface area (Å²) in [4.78, 5) is 26.6. The predicted octanol–water partition coefficient (Wildman–Crippen LogP) is 2.59. The molecule has 0 amide bonds. The van der Waals surface area contributed by atoms with Crippen molar-refractivity contribution < 1.29 is 19.4 Å². The van der Waals surface area contributed by atoms with Crippen LogP contribution in [-0.4, -0.2) is 27.7 Å². The lowest BCUT2D eigenvalue weighted by Crippen LogP contribution is -2.32. The first-order valence-electron chi connectivity index (χ1n) is 7.33. The van der Waals surface area contributed by atoms with Crippen molar-refractivity contribution in [2.45, 2.75) is 26.5 Å². The molecule has 2 aromatic rings. The van der Waals surface area contributed by atoms with Crippen LogP contribution in [0, 0.1) is 5.92 Å². The number of esters is 1. The Morgan fingerprint density at radius 2 is 1.96 bits per heavy atom. The summed E-state index contributed by atoms with van der Waals surface area (Å²) in [7, 11) is 1.24. The quantitative estimate of drug-likeness (QED) is 0.729. The zero-order chi connectivity index (χ0) is 17.9. The lowest BCUT2D eigenvalue weighted by atomic mass is 10.0. The Kier molecular flexibility index (Phi) is 5.71. The van der Waals surface area contributed by atoms with Crippen molar-refractivity contribution in [3.63, 3.8) is 0 Å². The molecule has 0 saturated heterocycles. The van der Waals surface area contributed by atoms with Gasteiger partial charge in [-0.05, 0) is 30.2 Å². The van der Waals surface area contributed by atoms with Crippen LogP contribution in [0.15, 0.2) is 33.5 Å². The second-order valence-electron chi connectivity index (χ2n) is 5.56. The number of aromatic nitrogens is 2. The molecule has 0 aliphatic carbocycles. The van der Waals surface area contributed by atoms with E-state index < -0.39 is 17.7 Å². The molecule has 7 nitrogen and oxygen atoms in total. The second-order valence-corrected chi connectivity index (χ2v) is 6.47. The van der Waals surface area contributed by atoms with Crippen molar-refractivity contribution in [2.24, 2.45) is 5.92 Å². The van der Waals surface area contributed by atoms with E-state index in [1.54, 1.807) is 26.0 Å². The first kappa shape index (κ1) is 18.1. The number of ether oxygens (including phenoxy) is 2. The van der Waals surface area contributed by atoms with Crippen molar-refractivity contribution in [3.8, 4) is 11.6 Å². The summed E-state index contributed by atoms with van der Waals surface area (Å²) in [5, 5.41) is 10.3. The SMILES string of the molecule is COC(=O)C(C(C)C)n1c(O)c(COc2ccc(Br)cc2)[nH]c1=O. The molecule has 130 valence electrons. The number of halogens is 1. The number of rotatable bonds is 6. The third-order valence-electron chi connectivity index (χ3n) is 3.52. The topological polar surface area (TPSA) is 93.5 Å². The van der Waals surface area contributed by atoms with E-state index >= 15 is 0 Å². The molecule has 0 bridgehead atoms. The molecule has 0 fully saturated rings. The van der Waals surface area contributed by atoms with Gasteiger partial charge in [-0.25, -0.2) is 14.2 Å². The summed E-state index contributed by atoms with van der Waals surface area (Å²) in [6.07, 6.45) is 0. The van der Waals surface area contributed by atoms with Gasteiger partial charge in [0.15, 0.2) is 0 Å². The summed E-state index contributed by atoms with van der Waals surface area (Å²) in [6, 6.07) is 6.22. The Morgan fingerprint density at radius 3 is 2.50 bits per heavy atom. The van der Waals surface area contributed by atoms with Crippen LogP contribution in [0.25, 0.3) is 0 Å². The molecule has 24 heavy (non-hydrogen) atoms. The smallest absolute Gasteiger partial charge is 0.329 e. The summed E-state index contributed by atoms with van der Waals surface area (Å²) in [5.74, 6) is -0.584. The largest absolute Gasteiger partial charge is 0.493 e. The molecule has 0 aliphatic heterocycles. The molecule has 1 heterocycles. The Bertz CT molecular complexity index is 764. The van der Waals surface area contributed by atoms with E-state index in [-0.39, 0.29) is 24.1 Å². The average molecular weight is 399 g/mol. The summed E-state index contributed by atoms with van der Waals surface area (Å²) >= 11 is 3.33. The van der Waals surface area contributed by atoms with E-state index in [1.807, 2.05) is 12.1 Å². The van der Waals surface area contributed by atoms with Crippen LogP contribution in [0.1, 0.15) is 25.6 Å². The molecular weight excluding hydrogens is 380 g/mol. The number of nitrogens with one attached hydrogen (secondary N) is 1. The molecule has 0 saturated carbocycles. The third-order valence-corrected chi connectivity index (χ3v) is 4.05. The highest BCUT2D eigenvalue weighted by atomic mass is 79.9. The number of aromatic hydroxyl groups is 1. The predicted molar refractivity (Wildman–Crippen MR) is 91.1 cm³/mol. The van der Waals surface area contributed by atoms with Gasteiger partial charge in [-0.15, -0.1) is 0 Å². The maximum atomic E-state index is 12.2. The van der Waals surface area contributed by atoms with Gasteiger partial charge < -0.3 is 19.6 Å². The van der Waals surface area contributed by atoms with Crippen LogP contribution in [0.3, 0.4) is 0 Å². The fourth-order valence-corrected chi connectivity index (χ4v) is 2.59. The summed E-state index contributed by atoms with van der Waals surface area (Å²) < 4.78 is 12.2. The number of carbonyl (C=O) groups is 1. The molecule has 2 N–H and O–H groups in total. The number of aromatic amines is 1. The van der Waals surface area contributed by atoms with Crippen molar-refractivity contribution in [3.05, 3.63) is 44.9 Å². The first-order chi connectivity index (χ1) is 11.3. The molecule has 1 unspecified atom stereocenters. The Morgan fingerprint density at radius 1 is 1.33 bits per heavy atom. The van der Waals surface area contributed by atoms with Gasteiger partial charge in [0.25, 0.3) is 0 Å². The van der Waals surface area contributed by atoms with Gasteiger partial charge in [-0.3, -0.25) is 0 Å². The highest BCUT2D eigenvalue weighted by molar-refractivity contribution is 9.10. The molecule has 0 spiro atoms. The average Bonchev–Trinajstić information content (AvgIpc) is 2.82. The van der Waals surface area contributed by atoms with Crippen LogP contribution in [0.2, 0.25) is 0 Å². The van der Waals surface area contributed by atoms with E-state index in [0.717, 1.165) is 9.04 Å². The van der Waals surface area contributed by atoms with Gasteiger partial charge in [-0.2, -0.15) is 0 Å². The Balaban J connectivity index is 2.26. The maximum absolute atomic E-state index is 12.2. The zero-order valence-corrected chi connectivity index (χ0v) is 15.2. The molecule has 8 heteroatoms. The Labute approximate surface area is 147 Å². The fraction of sp³-hybridized carbons (Fsp3) is 0.375. The van der Waals surface area contributed by atoms with Gasteiger partial charge in [-0.1, -0.05) is 29.8 Å². The second kappa shape index (κ2) is 7.57. The first-order valence-corrected chi connectivity index (χ1v) is 8.13. The van der Waals surface area contributed by atoms with E-state index in [4.69, 9.17) is 9.47 Å². The minimum Gasteiger partial charge on any atom is -0.493 e. The van der Waals surface area contributed by atoms with Crippen LogP contribution in [0.4, 0.5) is 0 Å². The van der Waals surface area contributed by atoms with Gasteiger partial charge in [0.2, 0.25) is 5.88 Å². The van der Waals surface area contributed by atoms with Crippen LogP contribution in [0.5, 0.6) is 11.6 Å². The van der Waals surface area contributed by atoms with Crippen molar-refractivity contribution in [1.29, 1.82) is 0 Å². The molecule has 0 aliphatic rings. The van der Waals surface area contributed by atoms with Crippen LogP contribution in [-0.2, 0) is 16.1 Å². The Hall–Kier alpha value is -2.22.